The summed E-state index contributed by atoms with van der Waals surface area (Å²) >= 11 is 0. The summed E-state index contributed by atoms with van der Waals surface area (Å²) in [7, 11) is 4.11. The number of carbonyl (C=O) groups excluding carboxylic acids is 1. The second-order valence-electron chi connectivity index (χ2n) is 8.66. The quantitative estimate of drug-likeness (QED) is 0.351. The van der Waals surface area contributed by atoms with Gasteiger partial charge in [0.15, 0.2) is 0 Å². The first-order valence-corrected chi connectivity index (χ1v) is 10.5. The van der Waals surface area contributed by atoms with Crippen LogP contribution in [0.15, 0.2) is 48.5 Å². The van der Waals surface area contributed by atoms with Crippen molar-refractivity contribution in [3.63, 3.8) is 0 Å². The van der Waals surface area contributed by atoms with E-state index in [-0.39, 0.29) is 17.2 Å². The number of nitro benzene ring substituents is 1. The molecular weight excluding hydrogens is 380 g/mol. The van der Waals surface area contributed by atoms with E-state index in [1.165, 1.54) is 30.7 Å². The summed E-state index contributed by atoms with van der Waals surface area (Å²) in [5, 5.41) is 10.9. The number of nitrogens with zero attached hydrogens (tertiary/aromatic N) is 2. The summed E-state index contributed by atoms with van der Waals surface area (Å²) in [5.41, 5.74) is 2.26. The maximum Gasteiger partial charge on any atom is 0.338 e. The summed E-state index contributed by atoms with van der Waals surface area (Å²) in [6, 6.07) is 13.8. The third-order valence-corrected chi connectivity index (χ3v) is 5.92. The van der Waals surface area contributed by atoms with E-state index in [2.05, 4.69) is 25.1 Å². The highest BCUT2D eigenvalue weighted by Gasteiger charge is 2.43. The molecule has 30 heavy (non-hydrogen) atoms. The lowest BCUT2D eigenvalue weighted by Gasteiger charge is -2.44. The Hall–Kier alpha value is -2.73. The molecule has 0 radical (unpaired) electrons. The molecule has 2 aromatic carbocycles. The van der Waals surface area contributed by atoms with Gasteiger partial charge in [-0.05, 0) is 51.6 Å². The van der Waals surface area contributed by atoms with E-state index in [4.69, 9.17) is 4.74 Å². The zero-order valence-electron chi connectivity index (χ0n) is 18.0. The molecule has 6 nitrogen and oxygen atoms in total. The first-order chi connectivity index (χ1) is 14.3. The lowest BCUT2D eigenvalue weighted by Crippen LogP contribution is -2.42. The monoisotopic (exact) mass is 410 g/mol. The van der Waals surface area contributed by atoms with Gasteiger partial charge in [0.05, 0.1) is 10.5 Å². The molecule has 160 valence electrons. The highest BCUT2D eigenvalue weighted by Crippen LogP contribution is 2.48. The van der Waals surface area contributed by atoms with Crippen LogP contribution in [0.2, 0.25) is 0 Å². The predicted molar refractivity (Wildman–Crippen MR) is 117 cm³/mol. The summed E-state index contributed by atoms with van der Waals surface area (Å²) in [5.74, 6) is -0.444. The maximum atomic E-state index is 13.1. The normalized spacial score (nSPS) is 16.8. The van der Waals surface area contributed by atoms with Gasteiger partial charge in [0.2, 0.25) is 0 Å². The van der Waals surface area contributed by atoms with Crippen LogP contribution in [0.25, 0.3) is 0 Å². The van der Waals surface area contributed by atoms with Crippen molar-refractivity contribution < 1.29 is 14.5 Å². The van der Waals surface area contributed by atoms with E-state index in [0.29, 0.717) is 5.56 Å². The molecule has 1 aliphatic rings. The van der Waals surface area contributed by atoms with Crippen molar-refractivity contribution in [1.29, 1.82) is 0 Å². The summed E-state index contributed by atoms with van der Waals surface area (Å²) in [6.45, 7) is 2.87. The Kier molecular flexibility index (Phi) is 6.87. The molecule has 3 rings (SSSR count). The average Bonchev–Trinajstić information content (AvgIpc) is 2.72. The molecule has 0 bridgehead atoms. The largest absolute Gasteiger partial charge is 0.453 e. The number of hydrogen-bond donors (Lipinski definition) is 0. The Bertz CT molecular complexity index is 886. The van der Waals surface area contributed by atoms with Crippen molar-refractivity contribution >= 4 is 11.7 Å². The second-order valence-corrected chi connectivity index (χ2v) is 8.66. The second kappa shape index (κ2) is 9.39. The average molecular weight is 411 g/mol. The van der Waals surface area contributed by atoms with E-state index in [9.17, 15) is 14.9 Å². The molecule has 1 fully saturated rings. The van der Waals surface area contributed by atoms with Gasteiger partial charge in [-0.25, -0.2) is 4.79 Å². The fourth-order valence-electron chi connectivity index (χ4n) is 4.66. The molecule has 0 heterocycles. The van der Waals surface area contributed by atoms with E-state index in [1.807, 2.05) is 25.1 Å². The minimum atomic E-state index is -0.473. The molecule has 0 aromatic heterocycles. The van der Waals surface area contributed by atoms with E-state index in [0.717, 1.165) is 43.4 Å². The molecule has 0 N–H and O–H groups in total. The van der Waals surface area contributed by atoms with E-state index < -0.39 is 10.9 Å². The SMILES string of the molecule is Cc1cccc(C(OC(=O)c2ccc([N+](=O)[O-])cc2)C2(CN(C)C)CCCCC2)c1. The fraction of sp³-hybridized carbons (Fsp3) is 0.458. The Morgan fingerprint density at radius 1 is 1.13 bits per heavy atom. The molecule has 0 amide bonds. The molecule has 0 saturated heterocycles. The number of esters is 1. The lowest BCUT2D eigenvalue weighted by atomic mass is 9.68. The van der Waals surface area contributed by atoms with Gasteiger partial charge in [0, 0.05) is 24.1 Å². The van der Waals surface area contributed by atoms with Crippen LogP contribution >= 0.6 is 0 Å². The Balaban J connectivity index is 1.96. The topological polar surface area (TPSA) is 72.7 Å². The van der Waals surface area contributed by atoms with Crippen molar-refractivity contribution in [3.8, 4) is 0 Å². The fourth-order valence-corrected chi connectivity index (χ4v) is 4.66. The number of carbonyl (C=O) groups is 1. The first kappa shape index (κ1) is 22.0. The number of benzene rings is 2. The Labute approximate surface area is 178 Å². The van der Waals surface area contributed by atoms with Crippen LogP contribution in [-0.4, -0.2) is 36.4 Å². The molecule has 1 unspecified atom stereocenters. The lowest BCUT2D eigenvalue weighted by molar-refractivity contribution is -0.384. The van der Waals surface area contributed by atoms with Crippen molar-refractivity contribution in [1.82, 2.24) is 4.90 Å². The standard InChI is InChI=1S/C24H30N2O4/c1-18-8-7-9-20(16-18)22(24(17-25(2)3)14-5-4-6-15-24)30-23(27)19-10-12-21(13-11-19)26(28)29/h7-13,16,22H,4-6,14-15,17H2,1-3H3. The molecule has 0 spiro atoms. The summed E-state index contributed by atoms with van der Waals surface area (Å²) in [4.78, 5) is 25.7. The highest BCUT2D eigenvalue weighted by atomic mass is 16.6. The van der Waals surface area contributed by atoms with Crippen LogP contribution in [0.4, 0.5) is 5.69 Å². The van der Waals surface area contributed by atoms with Crippen LogP contribution in [-0.2, 0) is 4.74 Å². The van der Waals surface area contributed by atoms with Gasteiger partial charge in [-0.15, -0.1) is 0 Å². The molecule has 1 saturated carbocycles. The number of non-ortho nitro benzene ring substituents is 1. The van der Waals surface area contributed by atoms with Crippen molar-refractivity contribution in [2.75, 3.05) is 20.6 Å². The van der Waals surface area contributed by atoms with Crippen LogP contribution in [0, 0.1) is 22.5 Å². The van der Waals surface area contributed by atoms with Gasteiger partial charge >= 0.3 is 5.97 Å². The molecule has 2 aromatic rings. The van der Waals surface area contributed by atoms with Gasteiger partial charge in [-0.2, -0.15) is 0 Å². The van der Waals surface area contributed by atoms with Crippen LogP contribution in [0.5, 0.6) is 0 Å². The molecule has 1 aliphatic carbocycles. The third-order valence-electron chi connectivity index (χ3n) is 5.92. The van der Waals surface area contributed by atoms with Gasteiger partial charge in [-0.3, -0.25) is 10.1 Å². The number of ether oxygens (including phenoxy) is 1. The summed E-state index contributed by atoms with van der Waals surface area (Å²) < 4.78 is 6.19. The van der Waals surface area contributed by atoms with E-state index >= 15 is 0 Å². The zero-order valence-corrected chi connectivity index (χ0v) is 18.0. The molecule has 1 atom stereocenters. The number of aryl methyl sites for hydroxylation is 1. The van der Waals surface area contributed by atoms with Crippen molar-refractivity contribution in [3.05, 3.63) is 75.3 Å². The minimum absolute atomic E-state index is 0.0434. The first-order valence-electron chi connectivity index (χ1n) is 10.5. The van der Waals surface area contributed by atoms with Gasteiger partial charge in [0.1, 0.15) is 6.10 Å². The molecule has 0 aliphatic heterocycles. The smallest absolute Gasteiger partial charge is 0.338 e. The molecular formula is C24H30N2O4. The van der Waals surface area contributed by atoms with Gasteiger partial charge in [0.25, 0.3) is 5.69 Å². The van der Waals surface area contributed by atoms with Crippen molar-refractivity contribution in [2.24, 2.45) is 5.41 Å². The minimum Gasteiger partial charge on any atom is -0.453 e. The highest BCUT2D eigenvalue weighted by molar-refractivity contribution is 5.89. The Morgan fingerprint density at radius 2 is 1.80 bits per heavy atom. The summed E-state index contributed by atoms with van der Waals surface area (Å²) in [6.07, 6.45) is 5.06. The third kappa shape index (κ3) is 5.05. The zero-order chi connectivity index (χ0) is 21.7. The van der Waals surface area contributed by atoms with E-state index in [1.54, 1.807) is 0 Å². The number of rotatable bonds is 7. The number of hydrogen-bond acceptors (Lipinski definition) is 5. The maximum absolute atomic E-state index is 13.1. The van der Waals surface area contributed by atoms with Crippen LogP contribution in [0.1, 0.15) is 59.7 Å². The predicted octanol–water partition coefficient (Wildman–Crippen LogP) is 5.31. The van der Waals surface area contributed by atoms with Crippen molar-refractivity contribution in [2.45, 2.75) is 45.1 Å². The van der Waals surface area contributed by atoms with Gasteiger partial charge < -0.3 is 9.64 Å². The van der Waals surface area contributed by atoms with Gasteiger partial charge in [-0.1, -0.05) is 49.1 Å². The van der Waals surface area contributed by atoms with Crippen LogP contribution in [0.3, 0.4) is 0 Å². The van der Waals surface area contributed by atoms with Crippen LogP contribution < -0.4 is 0 Å². The molecule has 6 heteroatoms. The number of nitro groups is 1. The Morgan fingerprint density at radius 3 is 2.37 bits per heavy atom.